The molecule has 0 saturated heterocycles. The van der Waals surface area contributed by atoms with Crippen molar-refractivity contribution in [3.05, 3.63) is 119 Å². The summed E-state index contributed by atoms with van der Waals surface area (Å²) in [5.74, 6) is 2.42. The van der Waals surface area contributed by atoms with E-state index in [1.54, 1.807) is 35.1 Å². The first-order chi connectivity index (χ1) is 20.0. The van der Waals surface area contributed by atoms with Crippen LogP contribution in [0.4, 0.5) is 0 Å². The first-order valence-electron chi connectivity index (χ1n) is 12.3. The Labute approximate surface area is 263 Å². The van der Waals surface area contributed by atoms with Crippen LogP contribution in [0.3, 0.4) is 0 Å². The average molecular weight is 653 g/mol. The third-order valence-electron chi connectivity index (χ3n) is 6.41. The molecule has 2 aliphatic heterocycles. The summed E-state index contributed by atoms with van der Waals surface area (Å²) >= 11 is 10.8. The van der Waals surface area contributed by atoms with E-state index in [2.05, 4.69) is 12.1 Å². The molecule has 0 aliphatic carbocycles. The fourth-order valence-corrected chi connectivity index (χ4v) is 8.38. The molecule has 4 aromatic carbocycles. The molecule has 0 N–H and O–H groups in total. The van der Waals surface area contributed by atoms with Crippen molar-refractivity contribution in [3.63, 3.8) is 0 Å². The van der Waals surface area contributed by atoms with Gasteiger partial charge in [-0.1, -0.05) is 70.1 Å². The largest absolute Gasteiger partial charge is 0.456 e. The van der Waals surface area contributed by atoms with Gasteiger partial charge in [0, 0.05) is 34.6 Å². The highest BCUT2D eigenvalue weighted by Gasteiger charge is 2.53. The van der Waals surface area contributed by atoms with E-state index >= 15 is 0 Å². The van der Waals surface area contributed by atoms with Gasteiger partial charge in [-0.2, -0.15) is 0 Å². The molecule has 2 aliphatic rings. The van der Waals surface area contributed by atoms with Crippen molar-refractivity contribution in [1.29, 1.82) is 0 Å². The molecular weight excluding hydrogens is 633 g/mol. The maximum atomic E-state index is 13.1. The van der Waals surface area contributed by atoms with Gasteiger partial charge in [-0.3, -0.25) is 0 Å². The lowest BCUT2D eigenvalue weighted by atomic mass is 9.77. The second-order valence-corrected chi connectivity index (χ2v) is 14.7. The molecule has 0 fully saturated rings. The Morgan fingerprint density at radius 1 is 0.780 bits per heavy atom. The summed E-state index contributed by atoms with van der Waals surface area (Å²) in [6, 6.07) is 28.4. The smallest absolute Gasteiger partial charge is 0.340 e. The highest BCUT2D eigenvalue weighted by Crippen LogP contribution is 2.57. The van der Waals surface area contributed by atoms with Crippen LogP contribution in [-0.2, 0) is 16.1 Å². The zero-order valence-electron chi connectivity index (χ0n) is 21.4. The predicted molar refractivity (Wildman–Crippen MR) is 178 cm³/mol. The minimum Gasteiger partial charge on any atom is -0.456 e. The zero-order chi connectivity index (χ0) is 28.4. The van der Waals surface area contributed by atoms with Crippen molar-refractivity contribution in [2.45, 2.75) is 11.4 Å². The van der Waals surface area contributed by atoms with Gasteiger partial charge in [-0.15, -0.1) is 0 Å². The standard InChI is InChI=1S/C30H20O5S6/c1-38-40-28(36)32-19-11-13-23-25(15-19)34-26-16-20(33-29(37)41-39-17-18-7-3-2-4-8-18)12-14-24(26)30(23)22-10-6-5-9-21(22)27(31)35-30/h2-16H,17H2,1H3. The number of ether oxygens (including phenoxy) is 4. The summed E-state index contributed by atoms with van der Waals surface area (Å²) in [6.07, 6.45) is 1.93. The van der Waals surface area contributed by atoms with Crippen LogP contribution in [0.5, 0.6) is 23.0 Å². The highest BCUT2D eigenvalue weighted by atomic mass is 33.1. The molecule has 0 saturated carbocycles. The fraction of sp³-hybridized carbons (Fsp3) is 0.100. The van der Waals surface area contributed by atoms with Crippen LogP contribution in [0, 0.1) is 0 Å². The molecule has 0 aromatic heterocycles. The lowest BCUT2D eigenvalue weighted by Gasteiger charge is -2.36. The Bertz CT molecular complexity index is 1660. The quantitative estimate of drug-likeness (QED) is 0.114. The molecule has 11 heteroatoms. The van der Waals surface area contributed by atoms with Crippen molar-refractivity contribution in [3.8, 4) is 23.0 Å². The van der Waals surface area contributed by atoms with Crippen LogP contribution in [-0.4, -0.2) is 21.0 Å². The number of hydrogen-bond acceptors (Lipinski definition) is 11. The van der Waals surface area contributed by atoms with Crippen molar-refractivity contribution in [2.75, 3.05) is 6.26 Å². The SMILES string of the molecule is CSSC(=S)Oc1ccc2c(c1)Oc1cc(OC(=S)SSCc3ccccc3)ccc1C21OC(=O)c2ccccc21. The molecule has 1 unspecified atom stereocenters. The Morgan fingerprint density at radius 2 is 1.39 bits per heavy atom. The summed E-state index contributed by atoms with van der Waals surface area (Å²) in [5.41, 5.74) is 2.66. The van der Waals surface area contributed by atoms with Crippen molar-refractivity contribution in [1.82, 2.24) is 0 Å². The lowest BCUT2D eigenvalue weighted by molar-refractivity contribution is 0.0224. The zero-order valence-corrected chi connectivity index (χ0v) is 26.3. The van der Waals surface area contributed by atoms with E-state index in [-0.39, 0.29) is 0 Å². The average Bonchev–Trinajstić information content (AvgIpc) is 3.26. The van der Waals surface area contributed by atoms with Gasteiger partial charge < -0.3 is 18.9 Å². The fourth-order valence-electron chi connectivity index (χ4n) is 4.78. The van der Waals surface area contributed by atoms with E-state index in [1.807, 2.05) is 60.9 Å². The molecule has 1 atom stereocenters. The summed E-state index contributed by atoms with van der Waals surface area (Å²) < 4.78 is 25.2. The van der Waals surface area contributed by atoms with Crippen molar-refractivity contribution in [2.24, 2.45) is 0 Å². The van der Waals surface area contributed by atoms with Gasteiger partial charge in [0.1, 0.15) is 23.0 Å². The van der Waals surface area contributed by atoms with Crippen LogP contribution in [0.2, 0.25) is 0 Å². The molecule has 4 aromatic rings. The Hall–Kier alpha value is -2.67. The summed E-state index contributed by atoms with van der Waals surface area (Å²) in [5, 5.41) is 0. The number of carbonyl (C=O) groups is 1. The van der Waals surface area contributed by atoms with Gasteiger partial charge in [0.05, 0.1) is 5.56 Å². The third-order valence-corrected chi connectivity index (χ3v) is 11.0. The molecule has 6 rings (SSSR count). The molecule has 0 radical (unpaired) electrons. The van der Waals surface area contributed by atoms with Crippen LogP contribution in [0.15, 0.2) is 91.0 Å². The first-order valence-corrected chi connectivity index (χ1v) is 17.9. The number of hydrogen-bond donors (Lipinski definition) is 0. The predicted octanol–water partition coefficient (Wildman–Crippen LogP) is 9.17. The number of rotatable bonds is 6. The van der Waals surface area contributed by atoms with Crippen LogP contribution >= 0.6 is 67.6 Å². The maximum Gasteiger partial charge on any atom is 0.340 e. The molecule has 0 amide bonds. The van der Waals surface area contributed by atoms with E-state index in [4.69, 9.17) is 43.4 Å². The topological polar surface area (TPSA) is 54.0 Å². The number of benzene rings is 4. The maximum absolute atomic E-state index is 13.1. The van der Waals surface area contributed by atoms with Gasteiger partial charge in [-0.05, 0) is 88.2 Å². The van der Waals surface area contributed by atoms with Gasteiger partial charge in [-0.25, -0.2) is 4.79 Å². The van der Waals surface area contributed by atoms with E-state index < -0.39 is 11.6 Å². The molecule has 0 bridgehead atoms. The lowest BCUT2D eigenvalue weighted by Crippen LogP contribution is -2.33. The highest BCUT2D eigenvalue weighted by molar-refractivity contribution is 8.83. The van der Waals surface area contributed by atoms with Crippen LogP contribution < -0.4 is 14.2 Å². The summed E-state index contributed by atoms with van der Waals surface area (Å²) in [4.78, 5) is 13.1. The van der Waals surface area contributed by atoms with Crippen LogP contribution in [0.1, 0.15) is 32.6 Å². The minimum absolute atomic E-state index is 0.380. The summed E-state index contributed by atoms with van der Waals surface area (Å²) in [7, 11) is 5.86. The Kier molecular flexibility index (Phi) is 8.52. The van der Waals surface area contributed by atoms with E-state index in [9.17, 15) is 4.79 Å². The monoisotopic (exact) mass is 652 g/mol. The molecule has 2 heterocycles. The van der Waals surface area contributed by atoms with Crippen molar-refractivity contribution >= 4 is 82.3 Å². The van der Waals surface area contributed by atoms with Gasteiger partial charge in [0.25, 0.3) is 0 Å². The molecule has 206 valence electrons. The second-order valence-electron chi connectivity index (χ2n) is 8.82. The normalized spacial score (nSPS) is 16.2. The van der Waals surface area contributed by atoms with Gasteiger partial charge >= 0.3 is 5.97 Å². The van der Waals surface area contributed by atoms with Crippen molar-refractivity contribution < 1.29 is 23.7 Å². The third kappa shape index (κ3) is 5.71. The second kappa shape index (κ2) is 12.3. The van der Waals surface area contributed by atoms with Gasteiger partial charge in [0.2, 0.25) is 8.77 Å². The van der Waals surface area contributed by atoms with E-state index in [0.717, 1.165) is 11.3 Å². The van der Waals surface area contributed by atoms with E-state index in [0.29, 0.717) is 48.5 Å². The molecule has 1 spiro atoms. The number of fused-ring (bicyclic) bond motifs is 6. The first kappa shape index (κ1) is 28.4. The Balaban J connectivity index is 1.32. The van der Waals surface area contributed by atoms with E-state index in [1.165, 1.54) is 37.9 Å². The van der Waals surface area contributed by atoms with Gasteiger partial charge in [0.15, 0.2) is 5.60 Å². The molecular formula is C30H20O5S6. The van der Waals surface area contributed by atoms with Crippen LogP contribution in [0.25, 0.3) is 0 Å². The minimum atomic E-state index is -1.19. The number of carbonyl (C=O) groups excluding carboxylic acids is 1. The number of thiocarbonyl (C=S) groups is 2. The number of esters is 1. The Morgan fingerprint density at radius 3 is 2.05 bits per heavy atom. The molecule has 41 heavy (non-hydrogen) atoms. The summed E-state index contributed by atoms with van der Waals surface area (Å²) in [6.45, 7) is 0. The molecule has 5 nitrogen and oxygen atoms in total.